The van der Waals surface area contributed by atoms with Gasteiger partial charge in [0.15, 0.2) is 11.2 Å². The predicted molar refractivity (Wildman–Crippen MR) is 111 cm³/mol. The van der Waals surface area contributed by atoms with Gasteiger partial charge in [-0.05, 0) is 37.5 Å². The Bertz CT molecular complexity index is 1350. The van der Waals surface area contributed by atoms with Crippen molar-refractivity contribution < 1.29 is 0 Å². The standard InChI is InChI=1S/C20H22ClN5O2/c1-11(2)9-25-18(27)16-17(23(5)20(25)28)22-19-24(16)10-13(4)26(19)15-8-14(21)7-6-12(15)3/h6-8,10-11H,9H2,1-5H3. The largest absolute Gasteiger partial charge is 0.332 e. The van der Waals surface area contributed by atoms with Crippen LogP contribution in [0.15, 0.2) is 34.0 Å². The van der Waals surface area contributed by atoms with Gasteiger partial charge in [-0.25, -0.2) is 4.79 Å². The van der Waals surface area contributed by atoms with Crippen LogP contribution in [0.5, 0.6) is 0 Å². The Morgan fingerprint density at radius 2 is 1.89 bits per heavy atom. The Morgan fingerprint density at radius 1 is 1.18 bits per heavy atom. The van der Waals surface area contributed by atoms with Crippen LogP contribution in [0.3, 0.4) is 0 Å². The van der Waals surface area contributed by atoms with E-state index in [1.165, 1.54) is 9.13 Å². The minimum Gasteiger partial charge on any atom is -0.283 e. The molecule has 3 heterocycles. The summed E-state index contributed by atoms with van der Waals surface area (Å²) >= 11 is 6.22. The molecule has 0 fully saturated rings. The van der Waals surface area contributed by atoms with E-state index in [0.717, 1.165) is 16.9 Å². The molecule has 8 heteroatoms. The lowest BCUT2D eigenvalue weighted by molar-refractivity contribution is 0.484. The van der Waals surface area contributed by atoms with Crippen molar-refractivity contribution in [1.82, 2.24) is 23.1 Å². The highest BCUT2D eigenvalue weighted by atomic mass is 35.5. The van der Waals surface area contributed by atoms with Crippen LogP contribution in [0.1, 0.15) is 25.1 Å². The van der Waals surface area contributed by atoms with Gasteiger partial charge in [-0.3, -0.25) is 22.9 Å². The molecular weight excluding hydrogens is 378 g/mol. The van der Waals surface area contributed by atoms with E-state index in [2.05, 4.69) is 4.98 Å². The third kappa shape index (κ3) is 2.61. The molecule has 0 aliphatic carbocycles. The maximum Gasteiger partial charge on any atom is 0.332 e. The fourth-order valence-electron chi connectivity index (χ4n) is 3.66. The predicted octanol–water partition coefficient (Wildman–Crippen LogP) is 3.06. The van der Waals surface area contributed by atoms with Gasteiger partial charge in [-0.15, -0.1) is 0 Å². The van der Waals surface area contributed by atoms with Gasteiger partial charge in [0.25, 0.3) is 5.56 Å². The monoisotopic (exact) mass is 399 g/mol. The Morgan fingerprint density at radius 3 is 2.57 bits per heavy atom. The van der Waals surface area contributed by atoms with Gasteiger partial charge in [0.1, 0.15) is 0 Å². The number of aromatic nitrogens is 5. The molecule has 0 atom stereocenters. The summed E-state index contributed by atoms with van der Waals surface area (Å²) in [5.74, 6) is 0.749. The highest BCUT2D eigenvalue weighted by Crippen LogP contribution is 2.25. The van der Waals surface area contributed by atoms with Gasteiger partial charge in [0, 0.05) is 30.5 Å². The molecule has 0 saturated heterocycles. The van der Waals surface area contributed by atoms with Gasteiger partial charge in [-0.2, -0.15) is 4.98 Å². The van der Waals surface area contributed by atoms with E-state index in [1.807, 2.05) is 56.7 Å². The molecule has 0 amide bonds. The maximum absolute atomic E-state index is 13.1. The van der Waals surface area contributed by atoms with E-state index in [4.69, 9.17) is 11.6 Å². The second-order valence-corrected chi connectivity index (χ2v) is 8.08. The quantitative estimate of drug-likeness (QED) is 0.531. The topological polar surface area (TPSA) is 66.2 Å². The molecule has 7 nitrogen and oxygen atoms in total. The zero-order chi connectivity index (χ0) is 20.3. The van der Waals surface area contributed by atoms with Crippen LogP contribution in [-0.2, 0) is 13.6 Å². The lowest BCUT2D eigenvalue weighted by Crippen LogP contribution is -2.40. The van der Waals surface area contributed by atoms with Crippen molar-refractivity contribution in [2.45, 2.75) is 34.2 Å². The average Bonchev–Trinajstić information content (AvgIpc) is 3.13. The van der Waals surface area contributed by atoms with E-state index in [1.54, 1.807) is 11.4 Å². The number of hydrogen-bond acceptors (Lipinski definition) is 3. The van der Waals surface area contributed by atoms with Crippen LogP contribution in [0.25, 0.3) is 22.6 Å². The first-order valence-electron chi connectivity index (χ1n) is 9.17. The number of hydrogen-bond donors (Lipinski definition) is 0. The number of halogens is 1. The summed E-state index contributed by atoms with van der Waals surface area (Å²) in [6.07, 6.45) is 1.87. The van der Waals surface area contributed by atoms with Gasteiger partial charge in [0.05, 0.1) is 5.69 Å². The van der Waals surface area contributed by atoms with Crippen molar-refractivity contribution in [2.24, 2.45) is 13.0 Å². The number of nitrogens with zero attached hydrogens (tertiary/aromatic N) is 5. The Hall–Kier alpha value is -2.80. The van der Waals surface area contributed by atoms with Crippen LogP contribution in [0.2, 0.25) is 5.02 Å². The molecule has 0 aliphatic rings. The third-order valence-electron chi connectivity index (χ3n) is 4.99. The van der Waals surface area contributed by atoms with E-state index >= 15 is 0 Å². The van der Waals surface area contributed by atoms with Gasteiger partial charge >= 0.3 is 5.69 Å². The zero-order valence-electron chi connectivity index (χ0n) is 16.5. The molecule has 0 aliphatic heterocycles. The van der Waals surface area contributed by atoms with Crippen LogP contribution in [0.4, 0.5) is 0 Å². The number of rotatable bonds is 3. The second kappa shape index (κ2) is 6.38. The Kier molecular flexibility index (Phi) is 4.23. The summed E-state index contributed by atoms with van der Waals surface area (Å²) in [4.78, 5) is 30.5. The lowest BCUT2D eigenvalue weighted by atomic mass is 10.2. The first-order chi connectivity index (χ1) is 13.2. The average molecular weight is 400 g/mol. The number of fused-ring (bicyclic) bond motifs is 3. The van der Waals surface area contributed by atoms with Crippen molar-refractivity contribution in [3.63, 3.8) is 0 Å². The normalized spacial score (nSPS) is 12.0. The maximum atomic E-state index is 13.1. The molecule has 0 bridgehead atoms. The first-order valence-corrected chi connectivity index (χ1v) is 9.55. The molecule has 3 aromatic heterocycles. The zero-order valence-corrected chi connectivity index (χ0v) is 17.3. The molecule has 4 aromatic rings. The molecule has 0 saturated carbocycles. The summed E-state index contributed by atoms with van der Waals surface area (Å²) in [7, 11) is 1.65. The van der Waals surface area contributed by atoms with Crippen molar-refractivity contribution in [3.8, 4) is 5.69 Å². The Balaban J connectivity index is 2.14. The third-order valence-corrected chi connectivity index (χ3v) is 5.22. The van der Waals surface area contributed by atoms with Crippen molar-refractivity contribution in [2.75, 3.05) is 0 Å². The van der Waals surface area contributed by atoms with Crippen molar-refractivity contribution >= 4 is 28.5 Å². The molecule has 1 aromatic carbocycles. The molecule has 0 N–H and O–H groups in total. The van der Waals surface area contributed by atoms with E-state index < -0.39 is 0 Å². The van der Waals surface area contributed by atoms with E-state index in [0.29, 0.717) is 28.5 Å². The van der Waals surface area contributed by atoms with Gasteiger partial charge in [0.2, 0.25) is 5.78 Å². The SMILES string of the molecule is Cc1ccc(Cl)cc1-n1c(C)cn2c3c(=O)n(CC(C)C)c(=O)n(C)c3nc12. The molecule has 146 valence electrons. The highest BCUT2D eigenvalue weighted by molar-refractivity contribution is 6.30. The summed E-state index contributed by atoms with van der Waals surface area (Å²) < 4.78 is 6.45. The van der Waals surface area contributed by atoms with Crippen LogP contribution >= 0.6 is 11.6 Å². The van der Waals surface area contributed by atoms with Gasteiger partial charge < -0.3 is 0 Å². The lowest BCUT2D eigenvalue weighted by Gasteiger charge is -2.10. The summed E-state index contributed by atoms with van der Waals surface area (Å²) in [6, 6.07) is 5.66. The first kappa shape index (κ1) is 18.6. The summed E-state index contributed by atoms with van der Waals surface area (Å²) in [5.41, 5.74) is 2.94. The molecule has 28 heavy (non-hydrogen) atoms. The number of benzene rings is 1. The van der Waals surface area contributed by atoms with Crippen molar-refractivity contribution in [1.29, 1.82) is 0 Å². The number of aryl methyl sites for hydroxylation is 3. The molecule has 4 rings (SSSR count). The van der Waals surface area contributed by atoms with Crippen molar-refractivity contribution in [3.05, 3.63) is 61.5 Å². The number of imidazole rings is 2. The Labute approximate surface area is 166 Å². The van der Waals surface area contributed by atoms with Crippen LogP contribution < -0.4 is 11.2 Å². The summed E-state index contributed by atoms with van der Waals surface area (Å²) in [5, 5.41) is 0.620. The molecule has 0 spiro atoms. The highest BCUT2D eigenvalue weighted by Gasteiger charge is 2.21. The van der Waals surface area contributed by atoms with Gasteiger partial charge in [-0.1, -0.05) is 31.5 Å². The second-order valence-electron chi connectivity index (χ2n) is 7.64. The minimum atomic E-state index is -0.353. The van der Waals surface area contributed by atoms with Crippen LogP contribution in [-0.4, -0.2) is 23.1 Å². The summed E-state index contributed by atoms with van der Waals surface area (Å²) in [6.45, 7) is 8.27. The molecular formula is C20H22ClN5O2. The molecule has 0 unspecified atom stereocenters. The fourth-order valence-corrected chi connectivity index (χ4v) is 3.82. The smallest absolute Gasteiger partial charge is 0.283 e. The minimum absolute atomic E-state index is 0.173. The van der Waals surface area contributed by atoms with E-state index in [-0.39, 0.29) is 17.2 Å². The molecule has 0 radical (unpaired) electrons. The van der Waals surface area contributed by atoms with E-state index in [9.17, 15) is 9.59 Å². The fraction of sp³-hybridized carbons (Fsp3) is 0.350. The van der Waals surface area contributed by atoms with Crippen LogP contribution in [0, 0.1) is 19.8 Å².